The maximum absolute atomic E-state index is 12.9. The Morgan fingerprint density at radius 1 is 1.13 bits per heavy atom. The molecule has 11 heteroatoms. The van der Waals surface area contributed by atoms with E-state index in [0.29, 0.717) is 44.0 Å². The first-order valence-corrected chi connectivity index (χ1v) is 11.0. The lowest BCUT2D eigenvalue weighted by Crippen LogP contribution is -2.34. The van der Waals surface area contributed by atoms with Crippen LogP contribution in [-0.2, 0) is 29.6 Å². The van der Waals surface area contributed by atoms with Gasteiger partial charge in [0.25, 0.3) is 0 Å². The molecule has 0 amide bonds. The number of benzene rings is 1. The summed E-state index contributed by atoms with van der Waals surface area (Å²) in [5.41, 5.74) is -3.67. The zero-order chi connectivity index (χ0) is 21.9. The first kappa shape index (κ1) is 22.3. The minimum Gasteiger partial charge on any atom is -0.355 e. The van der Waals surface area contributed by atoms with Crippen molar-refractivity contribution in [2.75, 3.05) is 24.5 Å². The zero-order valence-electron chi connectivity index (χ0n) is 16.7. The van der Waals surface area contributed by atoms with Crippen LogP contribution in [0.15, 0.2) is 30.3 Å². The molecule has 164 valence electrons. The number of nitrogens with zero attached hydrogens (tertiary/aromatic N) is 4. The predicted octanol–water partition coefficient (Wildman–Crippen LogP) is 3.11. The molecule has 0 saturated carbocycles. The number of hydrogen-bond acceptors (Lipinski definition) is 7. The van der Waals surface area contributed by atoms with Gasteiger partial charge in [0.1, 0.15) is 0 Å². The fourth-order valence-corrected chi connectivity index (χ4v) is 3.72. The molecule has 0 bridgehead atoms. The highest BCUT2D eigenvalue weighted by Gasteiger charge is 2.49. The van der Waals surface area contributed by atoms with Gasteiger partial charge in [-0.05, 0) is 25.8 Å². The molecule has 0 N–H and O–H groups in total. The Kier molecular flexibility index (Phi) is 6.51. The van der Waals surface area contributed by atoms with Crippen LogP contribution in [0.3, 0.4) is 0 Å². The molecule has 2 aromatic rings. The molecule has 7 nitrogen and oxygen atoms in total. The maximum Gasteiger partial charge on any atom is 0.534 e. The minimum absolute atomic E-state index is 0.146. The third-order valence-electron chi connectivity index (χ3n) is 4.86. The van der Waals surface area contributed by atoms with Crippen LogP contribution < -0.4 is 9.08 Å². The van der Waals surface area contributed by atoms with Gasteiger partial charge in [0, 0.05) is 38.3 Å². The lowest BCUT2D eigenvalue weighted by atomic mass is 10.1. The normalized spacial score (nSPS) is 15.0. The van der Waals surface area contributed by atoms with Crippen molar-refractivity contribution in [3.05, 3.63) is 47.2 Å². The molecule has 0 radical (unpaired) electrons. The summed E-state index contributed by atoms with van der Waals surface area (Å²) in [7, 11) is -5.82. The van der Waals surface area contributed by atoms with Crippen molar-refractivity contribution in [1.82, 2.24) is 14.9 Å². The molecular formula is C19H23F3N4O3S. The Morgan fingerprint density at radius 3 is 2.40 bits per heavy atom. The summed E-state index contributed by atoms with van der Waals surface area (Å²) in [6.07, 6.45) is 0.281. The topological polar surface area (TPSA) is 75.6 Å². The van der Waals surface area contributed by atoms with Crippen molar-refractivity contribution in [2.24, 2.45) is 0 Å². The number of fused-ring (bicyclic) bond motifs is 1. The molecule has 1 aliphatic heterocycles. The second kappa shape index (κ2) is 8.76. The monoisotopic (exact) mass is 444 g/mol. The highest BCUT2D eigenvalue weighted by molar-refractivity contribution is 7.87. The van der Waals surface area contributed by atoms with E-state index in [1.165, 1.54) is 0 Å². The number of hydrogen-bond donors (Lipinski definition) is 0. The predicted molar refractivity (Wildman–Crippen MR) is 105 cm³/mol. The average molecular weight is 444 g/mol. The van der Waals surface area contributed by atoms with Crippen LogP contribution in [-0.4, -0.2) is 48.4 Å². The Bertz CT molecular complexity index is 981. The fourth-order valence-electron chi connectivity index (χ4n) is 3.28. The van der Waals surface area contributed by atoms with Crippen molar-refractivity contribution >= 4 is 16.1 Å². The van der Waals surface area contributed by atoms with Crippen molar-refractivity contribution in [3.63, 3.8) is 0 Å². The summed E-state index contributed by atoms with van der Waals surface area (Å²) in [4.78, 5) is 12.4. The van der Waals surface area contributed by atoms with Gasteiger partial charge in [-0.1, -0.05) is 30.3 Å². The van der Waals surface area contributed by atoms with Crippen LogP contribution in [0.2, 0.25) is 0 Å². The van der Waals surface area contributed by atoms with E-state index in [9.17, 15) is 21.6 Å². The Morgan fingerprint density at radius 2 is 1.80 bits per heavy atom. The molecule has 2 heterocycles. The number of halogens is 3. The number of alkyl halides is 3. The van der Waals surface area contributed by atoms with Gasteiger partial charge in [-0.15, -0.1) is 0 Å². The molecule has 1 aromatic heterocycles. The highest BCUT2D eigenvalue weighted by Crippen LogP contribution is 2.32. The van der Waals surface area contributed by atoms with E-state index in [-0.39, 0.29) is 12.4 Å². The summed E-state index contributed by atoms with van der Waals surface area (Å²) in [5.74, 6) is -0.397. The first-order chi connectivity index (χ1) is 14.1. The standard InChI is InChI=1S/C19H23F3N4O3S/c1-3-26(4-2)18-23-16-13-25(12-14-8-6-5-7-9-14)11-10-15(16)17(24-18)29-30(27,28)19(20,21)22/h5-9H,3-4,10-13H2,1-2H3. The van der Waals surface area contributed by atoms with Gasteiger partial charge in [0.05, 0.1) is 5.69 Å². The van der Waals surface area contributed by atoms with E-state index in [4.69, 9.17) is 0 Å². The van der Waals surface area contributed by atoms with Crippen molar-refractivity contribution in [2.45, 2.75) is 38.9 Å². The lowest BCUT2D eigenvalue weighted by molar-refractivity contribution is -0.0501. The molecule has 1 aliphatic rings. The Balaban J connectivity index is 1.96. The van der Waals surface area contributed by atoms with Crippen molar-refractivity contribution in [3.8, 4) is 5.88 Å². The van der Waals surface area contributed by atoms with Gasteiger partial charge in [0.2, 0.25) is 11.8 Å². The minimum atomic E-state index is -5.82. The largest absolute Gasteiger partial charge is 0.534 e. The van der Waals surface area contributed by atoms with Crippen LogP contribution in [0, 0.1) is 0 Å². The van der Waals surface area contributed by atoms with E-state index in [1.807, 2.05) is 44.2 Å². The third-order valence-corrected chi connectivity index (χ3v) is 5.81. The van der Waals surface area contributed by atoms with Crippen LogP contribution >= 0.6 is 0 Å². The van der Waals surface area contributed by atoms with E-state index in [2.05, 4.69) is 19.1 Å². The quantitative estimate of drug-likeness (QED) is 0.480. The lowest BCUT2D eigenvalue weighted by Gasteiger charge is -2.30. The molecule has 0 fully saturated rings. The van der Waals surface area contributed by atoms with E-state index in [0.717, 1.165) is 5.56 Å². The highest BCUT2D eigenvalue weighted by atomic mass is 32.2. The molecule has 0 aliphatic carbocycles. The van der Waals surface area contributed by atoms with Crippen LogP contribution in [0.5, 0.6) is 5.88 Å². The molecule has 3 rings (SSSR count). The van der Waals surface area contributed by atoms with Gasteiger partial charge in [-0.25, -0.2) is 4.98 Å². The van der Waals surface area contributed by atoms with Crippen LogP contribution in [0.4, 0.5) is 19.1 Å². The molecule has 1 aromatic carbocycles. The fraction of sp³-hybridized carbons (Fsp3) is 0.474. The smallest absolute Gasteiger partial charge is 0.355 e. The summed E-state index contributed by atoms with van der Waals surface area (Å²) in [6, 6.07) is 9.76. The van der Waals surface area contributed by atoms with Crippen LogP contribution in [0.1, 0.15) is 30.7 Å². The summed E-state index contributed by atoms with van der Waals surface area (Å²) >= 11 is 0. The average Bonchev–Trinajstić information content (AvgIpc) is 2.68. The zero-order valence-corrected chi connectivity index (χ0v) is 17.5. The number of rotatable bonds is 7. The number of aromatic nitrogens is 2. The maximum atomic E-state index is 12.9. The third kappa shape index (κ3) is 4.84. The Labute approximate surface area is 173 Å². The van der Waals surface area contributed by atoms with E-state index in [1.54, 1.807) is 4.90 Å². The van der Waals surface area contributed by atoms with Gasteiger partial charge in [-0.3, -0.25) is 4.90 Å². The summed E-state index contributed by atoms with van der Waals surface area (Å²) in [5, 5.41) is 0. The first-order valence-electron chi connectivity index (χ1n) is 9.56. The molecule has 0 spiro atoms. The molecular weight excluding hydrogens is 421 g/mol. The van der Waals surface area contributed by atoms with Gasteiger partial charge < -0.3 is 9.08 Å². The summed E-state index contributed by atoms with van der Waals surface area (Å²) < 4.78 is 66.3. The molecule has 0 saturated heterocycles. The van der Waals surface area contributed by atoms with Crippen molar-refractivity contribution < 1.29 is 25.8 Å². The summed E-state index contributed by atoms with van der Waals surface area (Å²) in [6.45, 7) is 6.22. The van der Waals surface area contributed by atoms with Gasteiger partial charge in [-0.2, -0.15) is 26.6 Å². The van der Waals surface area contributed by atoms with E-state index < -0.39 is 21.5 Å². The molecule has 30 heavy (non-hydrogen) atoms. The Hall–Kier alpha value is -2.40. The van der Waals surface area contributed by atoms with Gasteiger partial charge in [0.15, 0.2) is 0 Å². The van der Waals surface area contributed by atoms with E-state index >= 15 is 0 Å². The second-order valence-electron chi connectivity index (χ2n) is 6.86. The van der Waals surface area contributed by atoms with Crippen molar-refractivity contribution in [1.29, 1.82) is 0 Å². The van der Waals surface area contributed by atoms with Crippen LogP contribution in [0.25, 0.3) is 0 Å². The molecule has 0 unspecified atom stereocenters. The number of anilines is 1. The van der Waals surface area contributed by atoms with Gasteiger partial charge >= 0.3 is 15.6 Å². The SMILES string of the molecule is CCN(CC)c1nc2c(c(OS(=O)(=O)C(F)(F)F)n1)CCN(Cc1ccccc1)C2. The second-order valence-corrected chi connectivity index (χ2v) is 8.39. The molecule has 0 atom stereocenters.